The summed E-state index contributed by atoms with van der Waals surface area (Å²) in [5.74, 6) is 0.746. The molecule has 1 atom stereocenters. The smallest absolute Gasteiger partial charge is 0.164 e. The molecule has 4 nitrogen and oxygen atoms in total. The van der Waals surface area contributed by atoms with Crippen LogP contribution in [-0.2, 0) is 16.3 Å². The quantitative estimate of drug-likeness (QED) is 0.792. The minimum Gasteiger partial charge on any atom is -0.344 e. The van der Waals surface area contributed by atoms with Gasteiger partial charge in [0.2, 0.25) is 0 Å². The van der Waals surface area contributed by atoms with Gasteiger partial charge >= 0.3 is 0 Å². The van der Waals surface area contributed by atoms with E-state index in [1.165, 1.54) is 0 Å². The van der Waals surface area contributed by atoms with E-state index >= 15 is 0 Å². The standard InChI is InChI=1S/C14H19NO3S/c1-10-8-12-13(5-2-6-14(12)16)15(10)11-4-3-7-19(17,18)9-11/h8,11H,2-7,9H2,1H3. The second-order valence-electron chi connectivity index (χ2n) is 5.70. The first kappa shape index (κ1) is 12.9. The van der Waals surface area contributed by atoms with Gasteiger partial charge in [0.25, 0.3) is 0 Å². The Hall–Kier alpha value is -1.10. The molecule has 2 aliphatic rings. The number of carbonyl (C=O) groups excluding carboxylic acids is 1. The van der Waals surface area contributed by atoms with Gasteiger partial charge < -0.3 is 4.57 Å². The van der Waals surface area contributed by atoms with Crippen molar-refractivity contribution in [3.8, 4) is 0 Å². The highest BCUT2D eigenvalue weighted by atomic mass is 32.2. The van der Waals surface area contributed by atoms with Gasteiger partial charge in [-0.3, -0.25) is 4.79 Å². The first-order valence-electron chi connectivity index (χ1n) is 6.92. The number of aromatic nitrogens is 1. The molecule has 1 aromatic rings. The minimum absolute atomic E-state index is 0.0217. The van der Waals surface area contributed by atoms with E-state index in [2.05, 4.69) is 4.57 Å². The molecule has 19 heavy (non-hydrogen) atoms. The summed E-state index contributed by atoms with van der Waals surface area (Å²) in [7, 11) is -2.92. The Kier molecular flexibility index (Phi) is 3.04. The molecular weight excluding hydrogens is 262 g/mol. The maximum Gasteiger partial charge on any atom is 0.164 e. The predicted molar refractivity (Wildman–Crippen MR) is 73.4 cm³/mol. The Morgan fingerprint density at radius 3 is 2.79 bits per heavy atom. The molecule has 2 heterocycles. The molecule has 1 aliphatic heterocycles. The van der Waals surface area contributed by atoms with Crippen molar-refractivity contribution in [3.63, 3.8) is 0 Å². The third-order valence-corrected chi connectivity index (χ3v) is 6.06. The highest BCUT2D eigenvalue weighted by molar-refractivity contribution is 7.91. The zero-order valence-corrected chi connectivity index (χ0v) is 12.0. The van der Waals surface area contributed by atoms with Crippen molar-refractivity contribution in [2.24, 2.45) is 0 Å². The molecule has 0 saturated carbocycles. The summed E-state index contributed by atoms with van der Waals surface area (Å²) in [6, 6.07) is 1.96. The van der Waals surface area contributed by atoms with Gasteiger partial charge in [-0.15, -0.1) is 0 Å². The third kappa shape index (κ3) is 2.24. The fraction of sp³-hybridized carbons (Fsp3) is 0.643. The minimum atomic E-state index is -2.92. The molecule has 104 valence electrons. The van der Waals surface area contributed by atoms with Gasteiger partial charge in [-0.2, -0.15) is 0 Å². The van der Waals surface area contributed by atoms with Gasteiger partial charge in [0.15, 0.2) is 15.6 Å². The zero-order valence-electron chi connectivity index (χ0n) is 11.2. The van der Waals surface area contributed by atoms with Crippen LogP contribution in [-0.4, -0.2) is 30.3 Å². The highest BCUT2D eigenvalue weighted by Crippen LogP contribution is 2.32. The number of Topliss-reactive ketones (excluding diaryl/α,β-unsaturated/α-hetero) is 1. The third-order valence-electron chi connectivity index (χ3n) is 4.26. The molecule has 1 saturated heterocycles. The van der Waals surface area contributed by atoms with Crippen LogP contribution in [0, 0.1) is 6.92 Å². The van der Waals surface area contributed by atoms with E-state index in [0.717, 1.165) is 42.6 Å². The summed E-state index contributed by atoms with van der Waals surface area (Å²) < 4.78 is 25.8. The molecule has 1 aromatic heterocycles. The SMILES string of the molecule is Cc1cc2c(n1C1CCCS(=O)(=O)C1)CCCC2=O. The lowest BCUT2D eigenvalue weighted by Crippen LogP contribution is -2.29. The fourth-order valence-electron chi connectivity index (χ4n) is 3.46. The molecule has 3 rings (SSSR count). The van der Waals surface area contributed by atoms with Crippen molar-refractivity contribution in [2.75, 3.05) is 11.5 Å². The number of rotatable bonds is 1. The summed E-state index contributed by atoms with van der Waals surface area (Å²) in [6.07, 6.45) is 4.03. The Labute approximate surface area is 113 Å². The van der Waals surface area contributed by atoms with E-state index in [4.69, 9.17) is 0 Å². The lowest BCUT2D eigenvalue weighted by molar-refractivity contribution is 0.0971. The van der Waals surface area contributed by atoms with Crippen LogP contribution >= 0.6 is 0 Å². The molecular formula is C14H19NO3S. The van der Waals surface area contributed by atoms with E-state index in [-0.39, 0.29) is 17.6 Å². The molecule has 0 aromatic carbocycles. The number of hydrogen-bond donors (Lipinski definition) is 0. The first-order valence-corrected chi connectivity index (χ1v) is 8.74. The average Bonchev–Trinajstić information content (AvgIpc) is 2.66. The van der Waals surface area contributed by atoms with Crippen LogP contribution < -0.4 is 0 Å². The van der Waals surface area contributed by atoms with Crippen LogP contribution in [0.1, 0.15) is 53.5 Å². The van der Waals surface area contributed by atoms with Gasteiger partial charge in [-0.1, -0.05) is 0 Å². The Balaban J connectivity index is 2.03. The number of sulfone groups is 1. The van der Waals surface area contributed by atoms with Gasteiger partial charge in [0.05, 0.1) is 11.5 Å². The summed E-state index contributed by atoms with van der Waals surface area (Å²) in [5, 5.41) is 0. The van der Waals surface area contributed by atoms with Crippen molar-refractivity contribution in [3.05, 3.63) is 23.0 Å². The fourth-order valence-corrected chi connectivity index (χ4v) is 5.14. The van der Waals surface area contributed by atoms with Gasteiger partial charge in [0, 0.05) is 29.4 Å². The van der Waals surface area contributed by atoms with Crippen molar-refractivity contribution < 1.29 is 13.2 Å². The lowest BCUT2D eigenvalue weighted by Gasteiger charge is -2.28. The van der Waals surface area contributed by atoms with Gasteiger partial charge in [-0.05, 0) is 38.7 Å². The number of ketones is 1. The zero-order chi connectivity index (χ0) is 13.6. The van der Waals surface area contributed by atoms with Gasteiger partial charge in [-0.25, -0.2) is 8.42 Å². The molecule has 5 heteroatoms. The first-order chi connectivity index (χ1) is 8.98. The Morgan fingerprint density at radius 1 is 1.26 bits per heavy atom. The maximum atomic E-state index is 11.9. The van der Waals surface area contributed by atoms with Crippen LogP contribution in [0.5, 0.6) is 0 Å². The summed E-state index contributed by atoms with van der Waals surface area (Å²) in [6.45, 7) is 1.98. The molecule has 0 radical (unpaired) electrons. The van der Waals surface area contributed by atoms with E-state index in [9.17, 15) is 13.2 Å². The topological polar surface area (TPSA) is 56.1 Å². The second-order valence-corrected chi connectivity index (χ2v) is 7.93. The van der Waals surface area contributed by atoms with Gasteiger partial charge in [0.1, 0.15) is 0 Å². The van der Waals surface area contributed by atoms with Crippen LogP contribution in [0.25, 0.3) is 0 Å². The number of carbonyl (C=O) groups is 1. The molecule has 1 aliphatic carbocycles. The van der Waals surface area contributed by atoms with Crippen molar-refractivity contribution in [2.45, 2.75) is 45.1 Å². The number of aryl methyl sites for hydroxylation is 1. The summed E-state index contributed by atoms with van der Waals surface area (Å²) in [4.78, 5) is 11.9. The number of hydrogen-bond acceptors (Lipinski definition) is 3. The molecule has 0 spiro atoms. The largest absolute Gasteiger partial charge is 0.344 e. The van der Waals surface area contributed by atoms with Crippen LogP contribution in [0.4, 0.5) is 0 Å². The Bertz CT molecular complexity index is 627. The van der Waals surface area contributed by atoms with Crippen LogP contribution in [0.2, 0.25) is 0 Å². The molecule has 0 bridgehead atoms. The molecule has 0 N–H and O–H groups in total. The second kappa shape index (κ2) is 4.47. The van der Waals surface area contributed by atoms with E-state index in [1.807, 2.05) is 13.0 Å². The highest BCUT2D eigenvalue weighted by Gasteiger charge is 2.31. The van der Waals surface area contributed by atoms with Crippen LogP contribution in [0.3, 0.4) is 0 Å². The summed E-state index contributed by atoms with van der Waals surface area (Å²) >= 11 is 0. The number of nitrogens with zero attached hydrogens (tertiary/aromatic N) is 1. The van der Waals surface area contributed by atoms with E-state index in [0.29, 0.717) is 12.2 Å². The summed E-state index contributed by atoms with van der Waals surface area (Å²) in [5.41, 5.74) is 2.92. The average molecular weight is 281 g/mol. The monoisotopic (exact) mass is 281 g/mol. The van der Waals surface area contributed by atoms with Crippen molar-refractivity contribution >= 4 is 15.6 Å². The Morgan fingerprint density at radius 2 is 2.05 bits per heavy atom. The molecule has 1 fully saturated rings. The van der Waals surface area contributed by atoms with E-state index < -0.39 is 9.84 Å². The normalized spacial score (nSPS) is 26.2. The number of fused-ring (bicyclic) bond motifs is 1. The lowest BCUT2D eigenvalue weighted by atomic mass is 9.96. The van der Waals surface area contributed by atoms with Crippen LogP contribution in [0.15, 0.2) is 6.07 Å². The molecule has 0 amide bonds. The van der Waals surface area contributed by atoms with Crippen molar-refractivity contribution in [1.82, 2.24) is 4.57 Å². The van der Waals surface area contributed by atoms with Crippen molar-refractivity contribution in [1.29, 1.82) is 0 Å². The molecule has 1 unspecified atom stereocenters. The maximum absolute atomic E-state index is 11.9. The van der Waals surface area contributed by atoms with E-state index in [1.54, 1.807) is 0 Å². The predicted octanol–water partition coefficient (Wildman–Crippen LogP) is 2.07.